The molecular formula is C29H40NO5SY-. The number of rotatable bonds is 14. The van der Waals surface area contributed by atoms with Gasteiger partial charge in [0.05, 0.1) is 0 Å². The van der Waals surface area contributed by atoms with Crippen molar-refractivity contribution in [3.8, 4) is 5.75 Å². The van der Waals surface area contributed by atoms with Crippen molar-refractivity contribution in [2.45, 2.75) is 90.4 Å². The molecule has 2 unspecified atom stereocenters. The number of carbonyl (C=O) groups is 1. The summed E-state index contributed by atoms with van der Waals surface area (Å²) in [5.41, 5.74) is 2.63. The number of hydrogen-bond acceptors (Lipinski definition) is 6. The van der Waals surface area contributed by atoms with Crippen LogP contribution >= 0.6 is 11.3 Å². The smallest absolute Gasteiger partial charge is 0.350 e. The van der Waals surface area contributed by atoms with Gasteiger partial charge in [-0.25, -0.2) is 4.79 Å². The second-order valence-corrected chi connectivity index (χ2v) is 11.3. The van der Waals surface area contributed by atoms with E-state index in [-0.39, 0.29) is 55.7 Å². The van der Waals surface area contributed by atoms with Gasteiger partial charge in [-0.3, -0.25) is 4.79 Å². The van der Waals surface area contributed by atoms with Gasteiger partial charge in [-0.2, -0.15) is 6.20 Å². The maximum atomic E-state index is 13.1. The molecule has 0 saturated heterocycles. The normalized spacial score (nSPS) is 15.9. The van der Waals surface area contributed by atoms with Gasteiger partial charge in [-0.1, -0.05) is 52.4 Å². The van der Waals surface area contributed by atoms with E-state index in [4.69, 9.17) is 4.42 Å². The number of allylic oxidation sites excluding steroid dienone is 1. The van der Waals surface area contributed by atoms with Crippen LogP contribution in [0.4, 0.5) is 0 Å². The molecule has 2 aromatic rings. The minimum absolute atomic E-state index is 0. The first-order valence-corrected chi connectivity index (χ1v) is 14.1. The van der Waals surface area contributed by atoms with Crippen LogP contribution < -0.4 is 5.63 Å². The molecule has 0 amide bonds. The summed E-state index contributed by atoms with van der Waals surface area (Å²) in [6.45, 7) is 3.71. The second kappa shape index (κ2) is 16.6. The average Bonchev–Trinajstić information content (AvgIpc) is 3.30. The van der Waals surface area contributed by atoms with E-state index in [2.05, 4.69) is 22.5 Å². The van der Waals surface area contributed by atoms with E-state index in [1.165, 1.54) is 63.0 Å². The Kier molecular flexibility index (Phi) is 14.4. The fourth-order valence-electron chi connectivity index (χ4n) is 4.98. The van der Waals surface area contributed by atoms with Gasteiger partial charge >= 0.3 is 5.63 Å². The van der Waals surface area contributed by atoms with Crippen LogP contribution in [0, 0.1) is 11.8 Å². The molecule has 1 aliphatic carbocycles. The van der Waals surface area contributed by atoms with E-state index < -0.39 is 11.5 Å². The summed E-state index contributed by atoms with van der Waals surface area (Å²) < 4.78 is 5.44. The SMILES string of the molecule is CO[N-]/C=C/CCC(C)c1cc(O)c(C(=O)C(C)Cc2ccc(CCCC3CCCCC3)s2)c(=O)o1.[Y]. The van der Waals surface area contributed by atoms with Gasteiger partial charge in [0.25, 0.3) is 0 Å². The number of ketones is 1. The first-order chi connectivity index (χ1) is 17.4. The third-order valence-electron chi connectivity index (χ3n) is 7.15. The first-order valence-electron chi connectivity index (χ1n) is 13.3. The molecule has 0 aromatic carbocycles. The molecule has 3 rings (SSSR count). The predicted octanol–water partition coefficient (Wildman–Crippen LogP) is 7.70. The number of nitrogens with zero attached hydrogens (tertiary/aromatic N) is 1. The Balaban J connectivity index is 0.00000481. The number of hydrogen-bond donors (Lipinski definition) is 1. The molecule has 6 nitrogen and oxygen atoms in total. The second-order valence-electron chi connectivity index (χ2n) is 10.1. The maximum absolute atomic E-state index is 13.1. The standard InChI is InChI=1S/C29H40NO5S.Y/c1-20(10-7-8-17-30-34-3)26-19-25(31)27(29(33)35-26)28(32)21(2)18-24-16-15-23(36-24)14-9-13-22-11-5-4-6-12-22;/h8,15-17,19-22H,4-7,9-14,18H2,1-3H3,(H,31,32,33);/q-1;/b17-8+;. The Labute approximate surface area is 250 Å². The van der Waals surface area contributed by atoms with Crippen molar-refractivity contribution in [3.63, 3.8) is 0 Å². The zero-order chi connectivity index (χ0) is 25.9. The molecule has 1 saturated carbocycles. The van der Waals surface area contributed by atoms with Crippen LogP contribution in [0.1, 0.15) is 103 Å². The molecule has 2 heterocycles. The Bertz CT molecular complexity index is 1060. The van der Waals surface area contributed by atoms with Crippen molar-refractivity contribution in [2.24, 2.45) is 11.8 Å². The molecule has 8 heteroatoms. The van der Waals surface area contributed by atoms with Crippen molar-refractivity contribution in [1.29, 1.82) is 0 Å². The summed E-state index contributed by atoms with van der Waals surface area (Å²) in [7, 11) is 1.48. The van der Waals surface area contributed by atoms with E-state index in [1.54, 1.807) is 24.5 Å². The fraction of sp³-hybridized carbons (Fsp3) is 0.586. The molecule has 1 fully saturated rings. The molecule has 2 atom stereocenters. The summed E-state index contributed by atoms with van der Waals surface area (Å²) in [6.07, 6.45) is 15.9. The van der Waals surface area contributed by atoms with Gasteiger partial charge < -0.3 is 19.8 Å². The van der Waals surface area contributed by atoms with Gasteiger partial charge in [0.15, 0.2) is 5.78 Å². The summed E-state index contributed by atoms with van der Waals surface area (Å²) in [5, 5.41) is 10.5. The third-order valence-corrected chi connectivity index (χ3v) is 8.32. The van der Waals surface area contributed by atoms with E-state index in [1.807, 2.05) is 13.0 Å². The van der Waals surface area contributed by atoms with Crippen LogP contribution in [-0.4, -0.2) is 18.0 Å². The molecule has 201 valence electrons. The van der Waals surface area contributed by atoms with E-state index in [9.17, 15) is 14.7 Å². The Morgan fingerprint density at radius 2 is 1.97 bits per heavy atom. The maximum Gasteiger partial charge on any atom is 0.350 e. The molecule has 0 spiro atoms. The number of Topliss-reactive ketones (excluding diaryl/α,β-unsaturated/α-hetero) is 1. The number of hydroxylamine groups is 1. The predicted molar refractivity (Wildman–Crippen MR) is 145 cm³/mol. The number of aromatic hydroxyl groups is 1. The van der Waals surface area contributed by atoms with Crippen molar-refractivity contribution in [2.75, 3.05) is 7.11 Å². The molecule has 1 aliphatic rings. The van der Waals surface area contributed by atoms with Gasteiger partial charge in [0, 0.05) is 67.5 Å². The van der Waals surface area contributed by atoms with Gasteiger partial charge in [0.2, 0.25) is 0 Å². The van der Waals surface area contributed by atoms with Crippen molar-refractivity contribution in [1.82, 2.24) is 0 Å². The first kappa shape index (κ1) is 31.9. The van der Waals surface area contributed by atoms with Crippen LogP contribution in [0.15, 0.2) is 39.7 Å². The largest absolute Gasteiger partial charge is 0.569 e. The minimum atomic E-state index is -0.770. The molecule has 1 radical (unpaired) electrons. The van der Waals surface area contributed by atoms with Gasteiger partial charge in [-0.05, 0) is 50.2 Å². The molecule has 0 aliphatic heterocycles. The summed E-state index contributed by atoms with van der Waals surface area (Å²) in [4.78, 5) is 32.8. The molecule has 37 heavy (non-hydrogen) atoms. The summed E-state index contributed by atoms with van der Waals surface area (Å²) >= 11 is 1.75. The Morgan fingerprint density at radius 1 is 1.24 bits per heavy atom. The van der Waals surface area contributed by atoms with Crippen molar-refractivity contribution >= 4 is 17.1 Å². The molecule has 2 aromatic heterocycles. The summed E-state index contributed by atoms with van der Waals surface area (Å²) in [6, 6.07) is 5.66. The number of aryl methyl sites for hydroxylation is 1. The van der Waals surface area contributed by atoms with Crippen molar-refractivity contribution in [3.05, 3.63) is 67.5 Å². The van der Waals surface area contributed by atoms with E-state index in [0.717, 1.165) is 17.2 Å². The quantitative estimate of drug-likeness (QED) is 0.177. The molecule has 1 N–H and O–H groups in total. The zero-order valence-corrected chi connectivity index (χ0v) is 26.1. The fourth-order valence-corrected chi connectivity index (χ4v) is 6.17. The topological polar surface area (TPSA) is 90.8 Å². The van der Waals surface area contributed by atoms with E-state index in [0.29, 0.717) is 25.0 Å². The molecule has 0 bridgehead atoms. The number of thiophene rings is 1. The number of carbonyl (C=O) groups excluding carboxylic acids is 1. The molecular weight excluding hydrogens is 563 g/mol. The Morgan fingerprint density at radius 3 is 2.68 bits per heavy atom. The zero-order valence-electron chi connectivity index (χ0n) is 22.4. The monoisotopic (exact) mass is 603 g/mol. The summed E-state index contributed by atoms with van der Waals surface area (Å²) in [5.74, 6) is 0.0694. The Hall–Kier alpha value is -1.28. The average molecular weight is 604 g/mol. The van der Waals surface area contributed by atoms with Crippen LogP contribution in [0.2, 0.25) is 0 Å². The van der Waals surface area contributed by atoms with E-state index >= 15 is 0 Å². The van der Waals surface area contributed by atoms with Crippen LogP contribution in [-0.2, 0) is 50.4 Å². The van der Waals surface area contributed by atoms with Gasteiger partial charge in [0.1, 0.15) is 17.1 Å². The van der Waals surface area contributed by atoms with Crippen LogP contribution in [0.3, 0.4) is 0 Å². The van der Waals surface area contributed by atoms with Gasteiger partial charge in [-0.15, -0.1) is 17.4 Å². The van der Waals surface area contributed by atoms with Crippen LogP contribution in [0.25, 0.3) is 5.48 Å². The van der Waals surface area contributed by atoms with Crippen LogP contribution in [0.5, 0.6) is 5.75 Å². The van der Waals surface area contributed by atoms with Crippen molar-refractivity contribution < 1.29 is 51.9 Å². The third kappa shape index (κ3) is 10.1. The minimum Gasteiger partial charge on any atom is -0.569 e.